The van der Waals surface area contributed by atoms with Crippen molar-refractivity contribution in [2.24, 2.45) is 0 Å². The molecule has 0 aromatic heterocycles. The van der Waals surface area contributed by atoms with Crippen molar-refractivity contribution < 1.29 is 12.4 Å². The van der Waals surface area contributed by atoms with Crippen LogP contribution in [-0.4, -0.2) is 18.8 Å². The monoisotopic (exact) mass is 352 g/mol. The molecule has 1 unspecified atom stereocenters. The molecule has 0 aliphatic heterocycles. The summed E-state index contributed by atoms with van der Waals surface area (Å²) in [5, 5.41) is 0.0166. The van der Waals surface area contributed by atoms with Gasteiger partial charge in [0, 0.05) is 0 Å². The maximum absolute atomic E-state index is 12.6. The Hall–Kier alpha value is -1.48. The molecule has 112 valence electrons. The second kappa shape index (κ2) is 6.99. The van der Waals surface area contributed by atoms with Crippen molar-refractivity contribution in [3.63, 3.8) is 0 Å². The van der Waals surface area contributed by atoms with Gasteiger partial charge in [0.15, 0.2) is 0 Å². The van der Waals surface area contributed by atoms with Gasteiger partial charge < -0.3 is 0 Å². The summed E-state index contributed by atoms with van der Waals surface area (Å²) in [7, 11) is 0. The van der Waals surface area contributed by atoms with Crippen LogP contribution >= 0.6 is 0 Å². The topological polar surface area (TPSA) is 43.4 Å². The molecule has 0 aliphatic carbocycles. The van der Waals surface area contributed by atoms with E-state index in [-0.39, 0.29) is 11.4 Å². The van der Waals surface area contributed by atoms with Gasteiger partial charge in [-0.25, -0.2) is 0 Å². The van der Waals surface area contributed by atoms with Crippen molar-refractivity contribution in [2.45, 2.75) is 31.4 Å². The standard InChI is InChI=1S/C17H20O3Se/c1-14(2)20-17(15-9-5-3-6-10-15)13-21(18,19)16-11-7-4-8-12-16/h3-12,14,17H,13H2,1-2H3. The van der Waals surface area contributed by atoms with Crippen molar-refractivity contribution in [1.82, 2.24) is 0 Å². The fourth-order valence-corrected chi connectivity index (χ4v) is 5.14. The Bertz CT molecular complexity index is 649. The molecule has 2 aromatic rings. The van der Waals surface area contributed by atoms with Gasteiger partial charge >= 0.3 is 127 Å². The van der Waals surface area contributed by atoms with Gasteiger partial charge in [-0.15, -0.1) is 0 Å². The zero-order chi connectivity index (χ0) is 15.3. The molecule has 0 spiro atoms. The molecule has 2 rings (SSSR count). The van der Waals surface area contributed by atoms with E-state index in [4.69, 9.17) is 4.74 Å². The maximum atomic E-state index is 12.6. The Morgan fingerprint density at radius 1 is 0.905 bits per heavy atom. The molecule has 0 heterocycles. The molecule has 3 nitrogen and oxygen atoms in total. The zero-order valence-corrected chi connectivity index (χ0v) is 14.0. The van der Waals surface area contributed by atoms with Crippen LogP contribution in [0.2, 0.25) is 5.32 Å². The number of benzene rings is 2. The molecule has 1 atom stereocenters. The van der Waals surface area contributed by atoms with Gasteiger partial charge in [0.05, 0.1) is 0 Å². The van der Waals surface area contributed by atoms with E-state index in [9.17, 15) is 7.67 Å². The van der Waals surface area contributed by atoms with Crippen LogP contribution in [0.5, 0.6) is 0 Å². The molecule has 4 heteroatoms. The van der Waals surface area contributed by atoms with E-state index in [1.807, 2.05) is 50.2 Å². The molecule has 0 amide bonds. The average Bonchev–Trinajstić information content (AvgIpc) is 2.48. The van der Waals surface area contributed by atoms with Crippen LogP contribution in [0.25, 0.3) is 0 Å². The molecule has 21 heavy (non-hydrogen) atoms. The fraction of sp³-hybridized carbons (Fsp3) is 0.294. The normalized spacial score (nSPS) is 13.3. The summed E-state index contributed by atoms with van der Waals surface area (Å²) >= 11 is -4.22. The molecule has 0 saturated heterocycles. The summed E-state index contributed by atoms with van der Waals surface area (Å²) in [6, 6.07) is 18.1. The summed E-state index contributed by atoms with van der Waals surface area (Å²) in [5.41, 5.74) is 0.899. The van der Waals surface area contributed by atoms with E-state index in [1.54, 1.807) is 24.3 Å². The minimum atomic E-state index is -4.22. The van der Waals surface area contributed by atoms with Crippen molar-refractivity contribution in [2.75, 3.05) is 0 Å². The average molecular weight is 351 g/mol. The van der Waals surface area contributed by atoms with Crippen LogP contribution in [-0.2, 0) is 12.4 Å². The second-order valence-electron chi connectivity index (χ2n) is 5.18. The van der Waals surface area contributed by atoms with Crippen LogP contribution in [0.1, 0.15) is 25.5 Å². The van der Waals surface area contributed by atoms with E-state index in [0.717, 1.165) is 5.56 Å². The van der Waals surface area contributed by atoms with Gasteiger partial charge in [-0.2, -0.15) is 0 Å². The first-order chi connectivity index (χ1) is 9.99. The van der Waals surface area contributed by atoms with E-state index in [2.05, 4.69) is 0 Å². The first kappa shape index (κ1) is 15.9. The Morgan fingerprint density at radius 2 is 1.43 bits per heavy atom. The van der Waals surface area contributed by atoms with Gasteiger partial charge in [-0.1, -0.05) is 0 Å². The fourth-order valence-electron chi connectivity index (χ4n) is 2.13. The van der Waals surface area contributed by atoms with Crippen molar-refractivity contribution >= 4 is 17.2 Å². The Balaban J connectivity index is 2.27. The summed E-state index contributed by atoms with van der Waals surface area (Å²) in [5.74, 6) is 0. The summed E-state index contributed by atoms with van der Waals surface area (Å²) in [6.45, 7) is 3.83. The van der Waals surface area contributed by atoms with Gasteiger partial charge in [-0.05, 0) is 0 Å². The molecule has 0 aliphatic rings. The van der Waals surface area contributed by atoms with Gasteiger partial charge in [0.25, 0.3) is 0 Å². The molecule has 0 N–H and O–H groups in total. The second-order valence-corrected chi connectivity index (χ2v) is 9.45. The minimum absolute atomic E-state index is 0.0166. The molecule has 0 radical (unpaired) electrons. The van der Waals surface area contributed by atoms with Crippen molar-refractivity contribution in [1.29, 1.82) is 0 Å². The molecule has 0 saturated carbocycles. The van der Waals surface area contributed by atoms with Gasteiger partial charge in [-0.3, -0.25) is 0 Å². The first-order valence-corrected chi connectivity index (χ1v) is 10.4. The van der Waals surface area contributed by atoms with Crippen molar-refractivity contribution in [3.8, 4) is 0 Å². The first-order valence-electron chi connectivity index (χ1n) is 6.97. The Morgan fingerprint density at radius 3 is 1.95 bits per heavy atom. The third-order valence-corrected chi connectivity index (χ3v) is 6.71. The van der Waals surface area contributed by atoms with Crippen LogP contribution < -0.4 is 4.46 Å². The Labute approximate surface area is 127 Å². The molecule has 0 bridgehead atoms. The predicted octanol–water partition coefficient (Wildman–Crippen LogP) is 3.36. The zero-order valence-electron chi connectivity index (χ0n) is 12.3. The molecule has 2 aromatic carbocycles. The van der Waals surface area contributed by atoms with Crippen molar-refractivity contribution in [3.05, 3.63) is 66.2 Å². The van der Waals surface area contributed by atoms with Gasteiger partial charge in [0.2, 0.25) is 0 Å². The summed E-state index contributed by atoms with van der Waals surface area (Å²) in [6.07, 6.45) is -0.458. The SMILES string of the molecule is CC(C)OC(C[Se](=O)(=O)c1ccccc1)c1ccccc1. The summed E-state index contributed by atoms with van der Waals surface area (Å²) < 4.78 is 31.4. The van der Waals surface area contributed by atoms with E-state index in [1.165, 1.54) is 0 Å². The molecular weight excluding hydrogens is 331 g/mol. The van der Waals surface area contributed by atoms with E-state index in [0.29, 0.717) is 4.46 Å². The van der Waals surface area contributed by atoms with Crippen LogP contribution in [0, 0.1) is 0 Å². The van der Waals surface area contributed by atoms with Crippen LogP contribution in [0.4, 0.5) is 0 Å². The van der Waals surface area contributed by atoms with Gasteiger partial charge in [0.1, 0.15) is 0 Å². The number of hydrogen-bond acceptors (Lipinski definition) is 3. The summed E-state index contributed by atoms with van der Waals surface area (Å²) in [4.78, 5) is 0. The quantitative estimate of drug-likeness (QED) is 0.750. The number of rotatable bonds is 6. The van der Waals surface area contributed by atoms with Crippen LogP contribution in [0.15, 0.2) is 60.7 Å². The van der Waals surface area contributed by atoms with E-state index < -0.39 is 18.8 Å². The molecular formula is C17H20O3Se. The number of hydrogen-bond donors (Lipinski definition) is 0. The predicted molar refractivity (Wildman–Crippen MR) is 83.4 cm³/mol. The third-order valence-electron chi connectivity index (χ3n) is 3.08. The van der Waals surface area contributed by atoms with Crippen LogP contribution in [0.3, 0.4) is 0 Å². The molecule has 0 fully saturated rings. The van der Waals surface area contributed by atoms with E-state index >= 15 is 0 Å². The third kappa shape index (κ3) is 4.50. The Kier molecular flexibility index (Phi) is 5.29. The number of ether oxygens (including phenoxy) is 1.